The fourth-order valence-corrected chi connectivity index (χ4v) is 7.86. The molecule has 1 aliphatic heterocycles. The van der Waals surface area contributed by atoms with Crippen LogP contribution in [0.5, 0.6) is 0 Å². The molecule has 0 unspecified atom stereocenters. The van der Waals surface area contributed by atoms with Crippen molar-refractivity contribution in [2.45, 2.75) is 36.9 Å². The van der Waals surface area contributed by atoms with Gasteiger partial charge in [0.15, 0.2) is 5.13 Å². The molecule has 172 valence electrons. The minimum atomic E-state index is -3.70. The van der Waals surface area contributed by atoms with Crippen LogP contribution in [0.4, 0.5) is 5.13 Å². The molecule has 1 atom stereocenters. The fraction of sp³-hybridized carbons (Fsp3) is 0.455. The highest BCUT2D eigenvalue weighted by Gasteiger charge is 2.42. The molecule has 0 aliphatic carbocycles. The molecule has 2 aromatic heterocycles. The van der Waals surface area contributed by atoms with E-state index in [0.29, 0.717) is 37.6 Å². The van der Waals surface area contributed by atoms with Gasteiger partial charge in [-0.05, 0) is 63.4 Å². The maximum Gasteiger partial charge on any atom is 0.253 e. The lowest BCUT2D eigenvalue weighted by molar-refractivity contribution is -0.121. The number of amides is 1. The lowest BCUT2D eigenvalue weighted by Gasteiger charge is -2.29. The number of aryl methyl sites for hydroxylation is 2. The number of rotatable bonds is 7. The van der Waals surface area contributed by atoms with Crippen LogP contribution in [-0.4, -0.2) is 68.3 Å². The predicted molar refractivity (Wildman–Crippen MR) is 131 cm³/mol. The Kier molecular flexibility index (Phi) is 6.69. The maximum absolute atomic E-state index is 13.8. The molecule has 3 heterocycles. The summed E-state index contributed by atoms with van der Waals surface area (Å²) >= 11 is 2.69. The number of thiazole rings is 1. The quantitative estimate of drug-likeness (QED) is 0.503. The second kappa shape index (κ2) is 9.18. The zero-order valence-electron chi connectivity index (χ0n) is 18.7. The van der Waals surface area contributed by atoms with E-state index >= 15 is 0 Å². The van der Waals surface area contributed by atoms with Crippen molar-refractivity contribution in [1.29, 1.82) is 0 Å². The first-order valence-electron chi connectivity index (χ1n) is 10.6. The number of carbonyl (C=O) groups excluding carboxylic acids is 1. The van der Waals surface area contributed by atoms with Gasteiger partial charge in [0.05, 0.1) is 10.2 Å². The molecule has 1 fully saturated rings. The van der Waals surface area contributed by atoms with Crippen molar-refractivity contribution in [3.63, 3.8) is 0 Å². The van der Waals surface area contributed by atoms with Gasteiger partial charge in [0.2, 0.25) is 5.91 Å². The molecule has 4 rings (SSSR count). The molecule has 3 aromatic rings. The Morgan fingerprint density at radius 3 is 2.59 bits per heavy atom. The van der Waals surface area contributed by atoms with Crippen molar-refractivity contribution in [3.8, 4) is 0 Å². The molecule has 1 aromatic carbocycles. The molecule has 10 heteroatoms. The SMILES string of the molecule is Cc1ccc(C)c2sc(N(CCN(C)C)C(=O)[C@@H]3CCCN3S(=O)(=O)c3cccs3)nc12. The Balaban J connectivity index is 1.71. The second-order valence-corrected chi connectivity index (χ2v) is 12.4. The van der Waals surface area contributed by atoms with Crippen LogP contribution >= 0.6 is 22.7 Å². The molecule has 32 heavy (non-hydrogen) atoms. The predicted octanol–water partition coefficient (Wildman–Crippen LogP) is 3.72. The number of hydrogen-bond donors (Lipinski definition) is 0. The lowest BCUT2D eigenvalue weighted by atomic mass is 10.1. The van der Waals surface area contributed by atoms with Crippen LogP contribution in [0.2, 0.25) is 0 Å². The zero-order chi connectivity index (χ0) is 23.0. The van der Waals surface area contributed by atoms with E-state index in [1.54, 1.807) is 22.4 Å². The molecule has 1 amide bonds. The highest BCUT2D eigenvalue weighted by Crippen LogP contribution is 2.35. The lowest BCUT2D eigenvalue weighted by Crippen LogP contribution is -2.49. The average Bonchev–Trinajstić information content (AvgIpc) is 3.51. The molecule has 7 nitrogen and oxygen atoms in total. The third-order valence-electron chi connectivity index (χ3n) is 5.75. The standard InChI is InChI=1S/C22H28N4O3S3/c1-15-9-10-16(2)20-19(15)23-22(31-20)25(13-12-24(3)4)21(27)17-7-5-11-26(17)32(28,29)18-8-6-14-30-18/h6,8-10,14,17H,5,7,11-13H2,1-4H3/t17-/m0/s1. The van der Waals surface area contributed by atoms with Crippen molar-refractivity contribution >= 4 is 54.0 Å². The summed E-state index contributed by atoms with van der Waals surface area (Å²) in [7, 11) is 0.216. The molecule has 1 aliphatic rings. The van der Waals surface area contributed by atoms with Gasteiger partial charge in [-0.25, -0.2) is 13.4 Å². The number of thiophene rings is 1. The van der Waals surface area contributed by atoms with E-state index in [4.69, 9.17) is 4.98 Å². The van der Waals surface area contributed by atoms with E-state index in [1.807, 2.05) is 38.9 Å². The van der Waals surface area contributed by atoms with Crippen LogP contribution < -0.4 is 4.90 Å². The van der Waals surface area contributed by atoms with Gasteiger partial charge in [0.1, 0.15) is 10.3 Å². The molecule has 0 bridgehead atoms. The van der Waals surface area contributed by atoms with Gasteiger partial charge >= 0.3 is 0 Å². The first-order chi connectivity index (χ1) is 15.2. The topological polar surface area (TPSA) is 73.8 Å². The molecular weight excluding hydrogens is 464 g/mol. The largest absolute Gasteiger partial charge is 0.308 e. The summed E-state index contributed by atoms with van der Waals surface area (Å²) in [5.41, 5.74) is 3.09. The van der Waals surface area contributed by atoms with Crippen LogP contribution in [0.3, 0.4) is 0 Å². The number of anilines is 1. The number of fused-ring (bicyclic) bond motifs is 1. The molecule has 0 saturated carbocycles. The van der Waals surface area contributed by atoms with Gasteiger partial charge in [-0.2, -0.15) is 4.31 Å². The normalized spacial score (nSPS) is 17.5. The van der Waals surface area contributed by atoms with Gasteiger partial charge < -0.3 is 4.90 Å². The van der Waals surface area contributed by atoms with Crippen LogP contribution in [0.15, 0.2) is 33.9 Å². The summed E-state index contributed by atoms with van der Waals surface area (Å²) in [6.45, 7) is 5.53. The Morgan fingerprint density at radius 2 is 1.94 bits per heavy atom. The summed E-state index contributed by atoms with van der Waals surface area (Å²) < 4.78 is 29.2. The summed E-state index contributed by atoms with van der Waals surface area (Å²) in [6, 6.07) is 6.72. The monoisotopic (exact) mass is 492 g/mol. The molecular formula is C22H28N4O3S3. The first-order valence-corrected chi connectivity index (χ1v) is 13.7. The minimum Gasteiger partial charge on any atom is -0.308 e. The van der Waals surface area contributed by atoms with Crippen LogP contribution in [0.1, 0.15) is 24.0 Å². The molecule has 0 N–H and O–H groups in total. The summed E-state index contributed by atoms with van der Waals surface area (Å²) in [5, 5.41) is 2.37. The number of sulfonamides is 1. The number of aromatic nitrogens is 1. The van der Waals surface area contributed by atoms with Crippen molar-refractivity contribution in [2.75, 3.05) is 38.6 Å². The molecule has 1 saturated heterocycles. The second-order valence-electron chi connectivity index (χ2n) is 8.37. The number of benzene rings is 1. The van der Waals surface area contributed by atoms with E-state index < -0.39 is 16.1 Å². The van der Waals surface area contributed by atoms with Crippen molar-refractivity contribution in [2.24, 2.45) is 0 Å². The van der Waals surface area contributed by atoms with Gasteiger partial charge in [-0.3, -0.25) is 9.69 Å². The number of carbonyl (C=O) groups is 1. The van der Waals surface area contributed by atoms with E-state index in [9.17, 15) is 13.2 Å². The zero-order valence-corrected chi connectivity index (χ0v) is 21.2. The Morgan fingerprint density at radius 1 is 1.19 bits per heavy atom. The summed E-state index contributed by atoms with van der Waals surface area (Å²) in [6.07, 6.45) is 1.19. The maximum atomic E-state index is 13.8. The van der Waals surface area contributed by atoms with Crippen molar-refractivity contribution in [3.05, 3.63) is 40.8 Å². The Hall–Kier alpha value is -1.85. The first kappa shape index (κ1) is 23.3. The van der Waals surface area contributed by atoms with E-state index in [1.165, 1.54) is 27.0 Å². The minimum absolute atomic E-state index is 0.196. The summed E-state index contributed by atoms with van der Waals surface area (Å²) in [5.74, 6) is -0.196. The average molecular weight is 493 g/mol. The summed E-state index contributed by atoms with van der Waals surface area (Å²) in [4.78, 5) is 22.3. The van der Waals surface area contributed by atoms with Crippen LogP contribution in [0.25, 0.3) is 10.2 Å². The van der Waals surface area contributed by atoms with Crippen LogP contribution in [0, 0.1) is 13.8 Å². The van der Waals surface area contributed by atoms with Gasteiger partial charge in [0.25, 0.3) is 10.0 Å². The smallest absolute Gasteiger partial charge is 0.253 e. The Bertz CT molecular complexity index is 1180. The van der Waals surface area contributed by atoms with Gasteiger partial charge in [-0.15, -0.1) is 11.3 Å². The van der Waals surface area contributed by atoms with E-state index in [2.05, 4.69) is 6.07 Å². The fourth-order valence-electron chi connectivity index (χ4n) is 3.94. The Labute approximate surface area is 197 Å². The van der Waals surface area contributed by atoms with Crippen LogP contribution in [-0.2, 0) is 14.8 Å². The number of nitrogens with zero attached hydrogens (tertiary/aromatic N) is 4. The molecule has 0 radical (unpaired) electrons. The van der Waals surface area contributed by atoms with Gasteiger partial charge in [-0.1, -0.05) is 29.5 Å². The highest BCUT2D eigenvalue weighted by molar-refractivity contribution is 7.91. The van der Waals surface area contributed by atoms with Crippen molar-refractivity contribution in [1.82, 2.24) is 14.2 Å². The number of likely N-dealkylation sites (N-methyl/N-ethyl adjacent to an activating group) is 1. The highest BCUT2D eigenvalue weighted by atomic mass is 32.2. The number of hydrogen-bond acceptors (Lipinski definition) is 7. The third kappa shape index (κ3) is 4.34. The van der Waals surface area contributed by atoms with Gasteiger partial charge in [0, 0.05) is 19.6 Å². The van der Waals surface area contributed by atoms with E-state index in [-0.39, 0.29) is 10.1 Å². The molecule has 0 spiro atoms. The van der Waals surface area contributed by atoms with Crippen molar-refractivity contribution < 1.29 is 13.2 Å². The van der Waals surface area contributed by atoms with E-state index in [0.717, 1.165) is 21.3 Å². The third-order valence-corrected chi connectivity index (χ3v) is 10.2.